The molecule has 4 heterocycles. The van der Waals surface area contributed by atoms with Crippen molar-refractivity contribution in [3.05, 3.63) is 62.5 Å². The number of aromatic nitrogens is 2. The zero-order valence-electron chi connectivity index (χ0n) is 20.3. The van der Waals surface area contributed by atoms with Gasteiger partial charge >= 0.3 is 0 Å². The van der Waals surface area contributed by atoms with E-state index in [2.05, 4.69) is 12.1 Å². The molecule has 0 atom stereocenters. The summed E-state index contributed by atoms with van der Waals surface area (Å²) in [4.78, 5) is 49.0. The highest BCUT2D eigenvalue weighted by molar-refractivity contribution is 7.20. The molecule has 2 amide bonds. The number of hydrogen-bond acceptors (Lipinski definition) is 5. The van der Waals surface area contributed by atoms with E-state index in [1.54, 1.807) is 0 Å². The van der Waals surface area contributed by atoms with Crippen molar-refractivity contribution in [2.24, 2.45) is 0 Å². The summed E-state index contributed by atoms with van der Waals surface area (Å²) >= 11 is 1.34. The Balaban J connectivity index is 1.22. The summed E-state index contributed by atoms with van der Waals surface area (Å²) < 4.78 is 1.81. The Morgan fingerprint density at radius 1 is 0.971 bits per heavy atom. The largest absolute Gasteiger partial charge is 0.339 e. The number of hydrogen-bond donors (Lipinski definition) is 0. The second-order valence-corrected chi connectivity index (χ2v) is 10.5. The molecular weight excluding hydrogens is 460 g/mol. The van der Waals surface area contributed by atoms with E-state index in [9.17, 15) is 14.4 Å². The molecule has 0 N–H and O–H groups in total. The van der Waals surface area contributed by atoms with Gasteiger partial charge in [0, 0.05) is 45.6 Å². The maximum Gasteiger partial charge on any atom is 0.264 e. The molecule has 0 unspecified atom stereocenters. The Hall–Kier alpha value is -3.00. The van der Waals surface area contributed by atoms with Crippen molar-refractivity contribution in [1.29, 1.82) is 0 Å². The predicted octanol–water partition coefficient (Wildman–Crippen LogP) is 3.80. The third-order valence-electron chi connectivity index (χ3n) is 7.22. The van der Waals surface area contributed by atoms with Crippen LogP contribution in [0.3, 0.4) is 0 Å². The molecule has 8 heteroatoms. The summed E-state index contributed by atoms with van der Waals surface area (Å²) in [6.45, 7) is 4.70. The standard InChI is InChI=1S/C27H32N4O3S/c1-19-23-25(28-21-12-6-3-7-14-31(21)26(23)33)35-24(19)27(34)30-17-15-29(16-18-30)22(32)13-8-11-20-9-4-2-5-10-20/h2,4-5,9-10H,3,6-8,11-18H2,1H3. The van der Waals surface area contributed by atoms with Crippen molar-refractivity contribution < 1.29 is 9.59 Å². The SMILES string of the molecule is Cc1c(C(=O)N2CCN(C(=O)CCCc3ccccc3)CC2)sc2nc3n(c(=O)c12)CCCCC3. The van der Waals surface area contributed by atoms with E-state index in [0.29, 0.717) is 54.2 Å². The average molecular weight is 493 g/mol. The molecule has 0 aliphatic carbocycles. The summed E-state index contributed by atoms with van der Waals surface area (Å²) in [5.41, 5.74) is 1.98. The summed E-state index contributed by atoms with van der Waals surface area (Å²) in [5, 5.41) is 0.594. The van der Waals surface area contributed by atoms with Crippen molar-refractivity contribution in [2.75, 3.05) is 26.2 Å². The third kappa shape index (κ3) is 4.89. The molecule has 2 aliphatic rings. The molecule has 1 aromatic carbocycles. The molecule has 0 spiro atoms. The van der Waals surface area contributed by atoms with Crippen molar-refractivity contribution in [3.8, 4) is 0 Å². The van der Waals surface area contributed by atoms with E-state index in [1.165, 1.54) is 16.9 Å². The predicted molar refractivity (Wildman–Crippen MR) is 138 cm³/mol. The van der Waals surface area contributed by atoms with Gasteiger partial charge in [-0.05, 0) is 43.7 Å². The molecule has 3 aromatic rings. The van der Waals surface area contributed by atoms with Crippen LogP contribution in [0.1, 0.15) is 58.7 Å². The second-order valence-electron chi connectivity index (χ2n) is 9.54. The van der Waals surface area contributed by atoms with Crippen LogP contribution in [0.25, 0.3) is 10.2 Å². The van der Waals surface area contributed by atoms with Crippen LogP contribution in [0.2, 0.25) is 0 Å². The first-order chi connectivity index (χ1) is 17.0. The van der Waals surface area contributed by atoms with Gasteiger partial charge in [0.1, 0.15) is 10.7 Å². The number of piperazine rings is 1. The van der Waals surface area contributed by atoms with Gasteiger partial charge in [-0.2, -0.15) is 0 Å². The van der Waals surface area contributed by atoms with Crippen LogP contribution in [-0.2, 0) is 24.2 Å². The summed E-state index contributed by atoms with van der Waals surface area (Å²) in [5.74, 6) is 0.950. The fraction of sp³-hybridized carbons (Fsp3) is 0.481. The smallest absolute Gasteiger partial charge is 0.264 e. The van der Waals surface area contributed by atoms with Crippen molar-refractivity contribution in [1.82, 2.24) is 19.4 Å². The Morgan fingerprint density at radius 2 is 1.71 bits per heavy atom. The van der Waals surface area contributed by atoms with Crippen LogP contribution in [0.15, 0.2) is 35.1 Å². The normalized spacial score (nSPS) is 16.3. The fourth-order valence-corrected chi connectivity index (χ4v) is 6.32. The van der Waals surface area contributed by atoms with Crippen molar-refractivity contribution in [2.45, 2.75) is 58.4 Å². The molecule has 0 bridgehead atoms. The van der Waals surface area contributed by atoms with Gasteiger partial charge in [0.05, 0.1) is 10.3 Å². The minimum atomic E-state index is -0.0544. The average Bonchev–Trinajstić information content (AvgIpc) is 3.04. The molecule has 184 valence electrons. The number of carbonyl (C=O) groups is 2. The topological polar surface area (TPSA) is 75.5 Å². The van der Waals surface area contributed by atoms with E-state index in [1.807, 2.05) is 39.5 Å². The highest BCUT2D eigenvalue weighted by Crippen LogP contribution is 2.29. The molecular formula is C27H32N4O3S. The first-order valence-electron chi connectivity index (χ1n) is 12.7. The van der Waals surface area contributed by atoms with Gasteiger partial charge < -0.3 is 9.80 Å². The Bertz CT molecular complexity index is 1290. The number of carbonyl (C=O) groups excluding carboxylic acids is 2. The highest BCUT2D eigenvalue weighted by Gasteiger charge is 2.28. The second kappa shape index (κ2) is 10.3. The van der Waals surface area contributed by atoms with E-state index in [4.69, 9.17) is 4.98 Å². The highest BCUT2D eigenvalue weighted by atomic mass is 32.1. The molecule has 7 nitrogen and oxygen atoms in total. The molecule has 35 heavy (non-hydrogen) atoms. The Kier molecular flexibility index (Phi) is 7.00. The van der Waals surface area contributed by atoms with E-state index < -0.39 is 0 Å². The number of benzene rings is 1. The monoisotopic (exact) mass is 492 g/mol. The van der Waals surface area contributed by atoms with Crippen LogP contribution in [-0.4, -0.2) is 57.3 Å². The zero-order valence-corrected chi connectivity index (χ0v) is 21.1. The summed E-state index contributed by atoms with van der Waals surface area (Å²) in [7, 11) is 0. The lowest BCUT2D eigenvalue weighted by Crippen LogP contribution is -2.50. The molecule has 1 fully saturated rings. The summed E-state index contributed by atoms with van der Waals surface area (Å²) in [6, 6.07) is 10.2. The van der Waals surface area contributed by atoms with Crippen LogP contribution in [0.5, 0.6) is 0 Å². The van der Waals surface area contributed by atoms with Crippen LogP contribution >= 0.6 is 11.3 Å². The van der Waals surface area contributed by atoms with Gasteiger partial charge in [-0.1, -0.05) is 36.8 Å². The lowest BCUT2D eigenvalue weighted by Gasteiger charge is -2.34. The van der Waals surface area contributed by atoms with Gasteiger partial charge in [0.15, 0.2) is 0 Å². The first kappa shape index (κ1) is 23.7. The zero-order chi connectivity index (χ0) is 24.4. The number of rotatable bonds is 5. The van der Waals surface area contributed by atoms with E-state index in [0.717, 1.165) is 49.9 Å². The van der Waals surface area contributed by atoms with E-state index >= 15 is 0 Å². The third-order valence-corrected chi connectivity index (χ3v) is 8.40. The fourth-order valence-electron chi connectivity index (χ4n) is 5.16. The van der Waals surface area contributed by atoms with Gasteiger partial charge in [-0.15, -0.1) is 11.3 Å². The maximum atomic E-state index is 13.4. The van der Waals surface area contributed by atoms with E-state index in [-0.39, 0.29) is 17.4 Å². The van der Waals surface area contributed by atoms with Crippen LogP contribution in [0, 0.1) is 6.92 Å². The Labute approximate surface area is 209 Å². The first-order valence-corrected chi connectivity index (χ1v) is 13.5. The Morgan fingerprint density at radius 3 is 2.49 bits per heavy atom. The lowest BCUT2D eigenvalue weighted by molar-refractivity contribution is -0.132. The molecule has 0 radical (unpaired) electrons. The lowest BCUT2D eigenvalue weighted by atomic mass is 10.1. The quantitative estimate of drug-likeness (QED) is 0.543. The van der Waals surface area contributed by atoms with Gasteiger partial charge in [-0.3, -0.25) is 19.0 Å². The number of fused-ring (bicyclic) bond motifs is 2. The molecule has 2 aromatic heterocycles. The van der Waals surface area contributed by atoms with Gasteiger partial charge in [0.25, 0.3) is 11.5 Å². The molecule has 0 saturated carbocycles. The molecule has 1 saturated heterocycles. The maximum absolute atomic E-state index is 13.4. The van der Waals surface area contributed by atoms with Crippen molar-refractivity contribution in [3.63, 3.8) is 0 Å². The van der Waals surface area contributed by atoms with Gasteiger partial charge in [-0.25, -0.2) is 4.98 Å². The van der Waals surface area contributed by atoms with Crippen LogP contribution < -0.4 is 5.56 Å². The summed E-state index contributed by atoms with van der Waals surface area (Å²) in [6.07, 6.45) is 6.21. The molecule has 2 aliphatic heterocycles. The minimum Gasteiger partial charge on any atom is -0.339 e. The minimum absolute atomic E-state index is 0.00869. The number of aryl methyl sites for hydroxylation is 3. The van der Waals surface area contributed by atoms with Crippen molar-refractivity contribution >= 4 is 33.4 Å². The number of thiophene rings is 1. The van der Waals surface area contributed by atoms with Crippen LogP contribution in [0.4, 0.5) is 0 Å². The number of nitrogens with zero attached hydrogens (tertiary/aromatic N) is 4. The van der Waals surface area contributed by atoms with Gasteiger partial charge in [0.2, 0.25) is 5.91 Å². The molecule has 5 rings (SSSR count). The number of amides is 2.